The fourth-order valence-electron chi connectivity index (χ4n) is 2.82. The summed E-state index contributed by atoms with van der Waals surface area (Å²) in [6, 6.07) is 7.18. The molecular weight excluding hydrogens is 266 g/mol. The molecule has 0 saturated carbocycles. The second kappa shape index (κ2) is 5.31. The molecule has 0 bridgehead atoms. The first-order valence-corrected chi connectivity index (χ1v) is 7.33. The van der Waals surface area contributed by atoms with Crippen LogP contribution in [0.5, 0.6) is 0 Å². The number of rotatable bonds is 1. The van der Waals surface area contributed by atoms with Crippen molar-refractivity contribution in [3.05, 3.63) is 40.3 Å². The Morgan fingerprint density at radius 1 is 1.19 bits per heavy atom. The minimum absolute atomic E-state index is 0.0753. The molecule has 0 radical (unpaired) electrons. The van der Waals surface area contributed by atoms with E-state index in [1.165, 1.54) is 4.68 Å². The number of aromatic nitrogens is 2. The van der Waals surface area contributed by atoms with Gasteiger partial charge >= 0.3 is 0 Å². The number of amides is 1. The predicted octanol–water partition coefficient (Wildman–Crippen LogP) is 1.81. The number of piperidine rings is 1. The summed E-state index contributed by atoms with van der Waals surface area (Å²) in [5.74, 6) is 0.590. The van der Waals surface area contributed by atoms with E-state index in [9.17, 15) is 9.59 Å². The number of hydrogen-bond donors (Lipinski definition) is 0. The van der Waals surface area contributed by atoms with Crippen LogP contribution in [0.1, 0.15) is 30.3 Å². The number of nitrogens with zero attached hydrogens (tertiary/aromatic N) is 3. The Morgan fingerprint density at radius 2 is 1.81 bits per heavy atom. The number of aryl methyl sites for hydroxylation is 1. The molecule has 2 aromatic rings. The van der Waals surface area contributed by atoms with Crippen molar-refractivity contribution in [1.29, 1.82) is 0 Å². The van der Waals surface area contributed by atoms with Crippen molar-refractivity contribution in [2.75, 3.05) is 13.1 Å². The second-order valence-electron chi connectivity index (χ2n) is 5.80. The minimum atomic E-state index is -0.172. The fourth-order valence-corrected chi connectivity index (χ4v) is 2.82. The SMILES string of the molecule is CC1CCN(C(=O)c2nn(C)c(=O)c3ccccc23)CC1. The summed E-state index contributed by atoms with van der Waals surface area (Å²) < 4.78 is 1.25. The molecule has 0 atom stereocenters. The van der Waals surface area contributed by atoms with Crippen LogP contribution in [0.3, 0.4) is 0 Å². The number of carbonyl (C=O) groups excluding carboxylic acids is 1. The van der Waals surface area contributed by atoms with Gasteiger partial charge in [-0.2, -0.15) is 5.10 Å². The summed E-state index contributed by atoms with van der Waals surface area (Å²) in [6.07, 6.45) is 2.05. The van der Waals surface area contributed by atoms with E-state index in [4.69, 9.17) is 0 Å². The van der Waals surface area contributed by atoms with E-state index in [0.717, 1.165) is 25.9 Å². The smallest absolute Gasteiger partial charge is 0.274 e. The second-order valence-corrected chi connectivity index (χ2v) is 5.80. The lowest BCUT2D eigenvalue weighted by atomic mass is 9.99. The van der Waals surface area contributed by atoms with Crippen LogP contribution in [0.2, 0.25) is 0 Å². The van der Waals surface area contributed by atoms with Gasteiger partial charge in [0.25, 0.3) is 11.5 Å². The van der Waals surface area contributed by atoms with E-state index in [2.05, 4.69) is 12.0 Å². The minimum Gasteiger partial charge on any atom is -0.337 e. The highest BCUT2D eigenvalue weighted by Crippen LogP contribution is 2.20. The van der Waals surface area contributed by atoms with Crippen LogP contribution >= 0.6 is 0 Å². The van der Waals surface area contributed by atoms with Crippen molar-refractivity contribution >= 4 is 16.7 Å². The standard InChI is InChI=1S/C16H19N3O2/c1-11-7-9-19(10-8-11)16(21)14-12-5-3-4-6-13(12)15(20)18(2)17-14/h3-6,11H,7-10H2,1-2H3. The maximum absolute atomic E-state index is 12.7. The van der Waals surface area contributed by atoms with E-state index in [-0.39, 0.29) is 11.5 Å². The lowest BCUT2D eigenvalue weighted by molar-refractivity contribution is 0.0691. The number of hydrogen-bond acceptors (Lipinski definition) is 3. The summed E-state index contributed by atoms with van der Waals surface area (Å²) in [4.78, 5) is 26.7. The molecule has 0 aliphatic carbocycles. The molecule has 0 unspecified atom stereocenters. The monoisotopic (exact) mass is 285 g/mol. The van der Waals surface area contributed by atoms with E-state index in [1.807, 2.05) is 11.0 Å². The first-order valence-electron chi connectivity index (χ1n) is 7.33. The van der Waals surface area contributed by atoms with Crippen LogP contribution in [0, 0.1) is 5.92 Å². The van der Waals surface area contributed by atoms with Gasteiger partial charge in [-0.25, -0.2) is 4.68 Å². The highest BCUT2D eigenvalue weighted by atomic mass is 16.2. The number of carbonyl (C=O) groups is 1. The van der Waals surface area contributed by atoms with Crippen molar-refractivity contribution in [3.63, 3.8) is 0 Å². The van der Waals surface area contributed by atoms with Gasteiger partial charge < -0.3 is 4.90 Å². The van der Waals surface area contributed by atoms with E-state index < -0.39 is 0 Å². The molecule has 3 rings (SSSR count). The van der Waals surface area contributed by atoms with Crippen LogP contribution in [-0.2, 0) is 7.05 Å². The predicted molar refractivity (Wildman–Crippen MR) is 81.3 cm³/mol. The van der Waals surface area contributed by atoms with Crippen molar-refractivity contribution in [1.82, 2.24) is 14.7 Å². The molecule has 0 spiro atoms. The summed E-state index contributed by atoms with van der Waals surface area (Å²) >= 11 is 0. The summed E-state index contributed by atoms with van der Waals surface area (Å²) in [5.41, 5.74) is 0.205. The van der Waals surface area contributed by atoms with Gasteiger partial charge in [0.2, 0.25) is 0 Å². The van der Waals surface area contributed by atoms with Gasteiger partial charge in [0.1, 0.15) is 0 Å². The zero-order valence-electron chi connectivity index (χ0n) is 12.4. The summed E-state index contributed by atoms with van der Waals surface area (Å²) in [7, 11) is 1.59. The summed E-state index contributed by atoms with van der Waals surface area (Å²) in [5, 5.41) is 5.40. The fraction of sp³-hybridized carbons (Fsp3) is 0.438. The summed E-state index contributed by atoms with van der Waals surface area (Å²) in [6.45, 7) is 3.74. The van der Waals surface area contributed by atoms with E-state index in [0.29, 0.717) is 22.4 Å². The van der Waals surface area contributed by atoms with Gasteiger partial charge in [-0.3, -0.25) is 9.59 Å². The number of fused-ring (bicyclic) bond motifs is 1. The average Bonchev–Trinajstić information content (AvgIpc) is 2.51. The molecule has 110 valence electrons. The van der Waals surface area contributed by atoms with Gasteiger partial charge in [0.05, 0.1) is 5.39 Å². The Bertz CT molecular complexity index is 743. The molecule has 1 aromatic carbocycles. The molecule has 1 aliphatic heterocycles. The zero-order valence-corrected chi connectivity index (χ0v) is 12.4. The topological polar surface area (TPSA) is 55.2 Å². The number of likely N-dealkylation sites (tertiary alicyclic amines) is 1. The largest absolute Gasteiger partial charge is 0.337 e. The van der Waals surface area contributed by atoms with Crippen LogP contribution in [0.15, 0.2) is 29.1 Å². The van der Waals surface area contributed by atoms with Crippen LogP contribution in [-0.4, -0.2) is 33.7 Å². The first-order chi connectivity index (χ1) is 10.1. The van der Waals surface area contributed by atoms with E-state index >= 15 is 0 Å². The molecule has 5 heteroatoms. The highest BCUT2D eigenvalue weighted by Gasteiger charge is 2.24. The third kappa shape index (κ3) is 2.44. The van der Waals surface area contributed by atoms with Gasteiger partial charge in [0, 0.05) is 25.5 Å². The van der Waals surface area contributed by atoms with Gasteiger partial charge in [-0.15, -0.1) is 0 Å². The van der Waals surface area contributed by atoms with Gasteiger partial charge in [-0.1, -0.05) is 25.1 Å². The molecule has 1 aromatic heterocycles. The first kappa shape index (κ1) is 13.8. The maximum Gasteiger partial charge on any atom is 0.274 e. The lowest BCUT2D eigenvalue weighted by Gasteiger charge is -2.30. The molecule has 21 heavy (non-hydrogen) atoms. The molecule has 0 N–H and O–H groups in total. The Balaban J connectivity index is 2.06. The Kier molecular flexibility index (Phi) is 3.49. The van der Waals surface area contributed by atoms with Crippen molar-refractivity contribution < 1.29 is 4.79 Å². The van der Waals surface area contributed by atoms with Crippen LogP contribution < -0.4 is 5.56 Å². The maximum atomic E-state index is 12.7. The third-order valence-corrected chi connectivity index (χ3v) is 4.23. The normalized spacial score (nSPS) is 16.4. The Labute approximate surface area is 123 Å². The van der Waals surface area contributed by atoms with Gasteiger partial charge in [-0.05, 0) is 24.8 Å². The van der Waals surface area contributed by atoms with E-state index in [1.54, 1.807) is 25.2 Å². The number of benzene rings is 1. The van der Waals surface area contributed by atoms with Crippen molar-refractivity contribution in [2.45, 2.75) is 19.8 Å². The molecule has 5 nitrogen and oxygen atoms in total. The van der Waals surface area contributed by atoms with Crippen molar-refractivity contribution in [2.24, 2.45) is 13.0 Å². The average molecular weight is 285 g/mol. The molecule has 2 heterocycles. The molecule has 1 saturated heterocycles. The van der Waals surface area contributed by atoms with Crippen LogP contribution in [0.25, 0.3) is 10.8 Å². The highest BCUT2D eigenvalue weighted by molar-refractivity contribution is 6.04. The Morgan fingerprint density at radius 3 is 2.48 bits per heavy atom. The molecule has 1 amide bonds. The Hall–Kier alpha value is -2.17. The third-order valence-electron chi connectivity index (χ3n) is 4.23. The zero-order chi connectivity index (χ0) is 15.0. The molecular formula is C16H19N3O2. The lowest BCUT2D eigenvalue weighted by Crippen LogP contribution is -2.39. The molecule has 1 fully saturated rings. The quantitative estimate of drug-likeness (QED) is 0.803. The van der Waals surface area contributed by atoms with Crippen molar-refractivity contribution in [3.8, 4) is 0 Å². The van der Waals surface area contributed by atoms with Gasteiger partial charge in [0.15, 0.2) is 5.69 Å². The van der Waals surface area contributed by atoms with Crippen LogP contribution in [0.4, 0.5) is 0 Å². The molecule has 1 aliphatic rings.